The molecule has 0 aliphatic carbocycles. The highest BCUT2D eigenvalue weighted by Crippen LogP contribution is 2.27. The molecule has 2 unspecified atom stereocenters. The lowest BCUT2D eigenvalue weighted by Gasteiger charge is -2.29. The van der Waals surface area contributed by atoms with E-state index in [9.17, 15) is 4.79 Å². The SMILES string of the molecule is O=C(c1n[nH]c2ccccc12)N1CCCC1C1CCCN1. The zero-order valence-electron chi connectivity index (χ0n) is 12.0. The topological polar surface area (TPSA) is 61.0 Å². The lowest BCUT2D eigenvalue weighted by atomic mass is 10.0. The van der Waals surface area contributed by atoms with Crippen molar-refractivity contribution in [1.29, 1.82) is 0 Å². The minimum absolute atomic E-state index is 0.0728. The third kappa shape index (κ3) is 2.12. The first kappa shape index (κ1) is 12.8. The molecule has 0 bridgehead atoms. The van der Waals surface area contributed by atoms with Crippen LogP contribution in [-0.4, -0.2) is 46.2 Å². The highest BCUT2D eigenvalue weighted by atomic mass is 16.2. The number of nitrogens with zero attached hydrogens (tertiary/aromatic N) is 2. The number of para-hydroxylation sites is 1. The highest BCUT2D eigenvalue weighted by molar-refractivity contribution is 6.04. The molecular weight excluding hydrogens is 264 g/mol. The average molecular weight is 284 g/mol. The lowest BCUT2D eigenvalue weighted by Crippen LogP contribution is -2.46. The Morgan fingerprint density at radius 3 is 3.00 bits per heavy atom. The van der Waals surface area contributed by atoms with Gasteiger partial charge in [0.1, 0.15) is 0 Å². The molecule has 0 saturated carbocycles. The summed E-state index contributed by atoms with van der Waals surface area (Å²) < 4.78 is 0. The molecule has 1 amide bonds. The smallest absolute Gasteiger partial charge is 0.275 e. The third-order valence-corrected chi connectivity index (χ3v) is 4.80. The van der Waals surface area contributed by atoms with Crippen molar-refractivity contribution in [2.75, 3.05) is 13.1 Å². The fourth-order valence-electron chi connectivity index (χ4n) is 3.77. The Morgan fingerprint density at radius 2 is 2.14 bits per heavy atom. The van der Waals surface area contributed by atoms with Crippen molar-refractivity contribution in [3.8, 4) is 0 Å². The minimum atomic E-state index is 0.0728. The maximum Gasteiger partial charge on any atom is 0.275 e. The molecule has 2 aliphatic heterocycles. The number of fused-ring (bicyclic) bond motifs is 1. The molecular formula is C16H20N4O. The van der Waals surface area contributed by atoms with Crippen LogP contribution in [0.25, 0.3) is 10.9 Å². The van der Waals surface area contributed by atoms with Gasteiger partial charge in [-0.05, 0) is 38.3 Å². The number of hydrogen-bond acceptors (Lipinski definition) is 3. The molecule has 2 aromatic rings. The fourth-order valence-corrected chi connectivity index (χ4v) is 3.77. The molecule has 1 aromatic carbocycles. The van der Waals surface area contributed by atoms with Gasteiger partial charge in [0.15, 0.2) is 5.69 Å². The van der Waals surface area contributed by atoms with E-state index in [2.05, 4.69) is 15.5 Å². The Morgan fingerprint density at radius 1 is 1.24 bits per heavy atom. The van der Waals surface area contributed by atoms with E-state index in [0.717, 1.165) is 36.8 Å². The average Bonchev–Trinajstić information content (AvgIpc) is 3.25. The summed E-state index contributed by atoms with van der Waals surface area (Å²) in [4.78, 5) is 14.9. The number of nitrogens with one attached hydrogen (secondary N) is 2. The van der Waals surface area contributed by atoms with Crippen LogP contribution in [0.5, 0.6) is 0 Å². The second-order valence-electron chi connectivity index (χ2n) is 6.03. The number of hydrogen-bond donors (Lipinski definition) is 2. The first-order valence-corrected chi connectivity index (χ1v) is 7.82. The summed E-state index contributed by atoms with van der Waals surface area (Å²) in [5.74, 6) is 0.0728. The molecule has 0 spiro atoms. The Labute approximate surface area is 123 Å². The van der Waals surface area contributed by atoms with Gasteiger partial charge in [-0.2, -0.15) is 5.10 Å². The van der Waals surface area contributed by atoms with Crippen LogP contribution in [0.2, 0.25) is 0 Å². The van der Waals surface area contributed by atoms with Crippen molar-refractivity contribution in [3.63, 3.8) is 0 Å². The molecule has 5 nitrogen and oxygen atoms in total. The summed E-state index contributed by atoms with van der Waals surface area (Å²) >= 11 is 0. The fraction of sp³-hybridized carbons (Fsp3) is 0.500. The van der Waals surface area contributed by atoms with E-state index < -0.39 is 0 Å². The van der Waals surface area contributed by atoms with Crippen LogP contribution in [0.3, 0.4) is 0 Å². The molecule has 2 N–H and O–H groups in total. The van der Waals surface area contributed by atoms with Crippen LogP contribution in [-0.2, 0) is 0 Å². The molecule has 2 aliphatic rings. The summed E-state index contributed by atoms with van der Waals surface area (Å²) in [6.45, 7) is 1.93. The Hall–Kier alpha value is -1.88. The summed E-state index contributed by atoms with van der Waals surface area (Å²) in [5, 5.41) is 11.7. The Balaban J connectivity index is 1.64. The number of amides is 1. The van der Waals surface area contributed by atoms with Gasteiger partial charge < -0.3 is 10.2 Å². The van der Waals surface area contributed by atoms with Crippen LogP contribution in [0.1, 0.15) is 36.2 Å². The van der Waals surface area contributed by atoms with Crippen molar-refractivity contribution in [1.82, 2.24) is 20.4 Å². The van der Waals surface area contributed by atoms with E-state index in [1.165, 1.54) is 12.8 Å². The zero-order valence-corrected chi connectivity index (χ0v) is 12.0. The Kier molecular flexibility index (Phi) is 3.15. The van der Waals surface area contributed by atoms with Crippen LogP contribution in [0.15, 0.2) is 24.3 Å². The van der Waals surface area contributed by atoms with Crippen molar-refractivity contribution < 1.29 is 4.79 Å². The number of likely N-dealkylation sites (tertiary alicyclic amines) is 1. The normalized spacial score (nSPS) is 25.8. The van der Waals surface area contributed by atoms with Gasteiger partial charge >= 0.3 is 0 Å². The van der Waals surface area contributed by atoms with E-state index in [-0.39, 0.29) is 5.91 Å². The number of aromatic amines is 1. The van der Waals surface area contributed by atoms with E-state index in [1.807, 2.05) is 29.2 Å². The number of benzene rings is 1. The van der Waals surface area contributed by atoms with E-state index in [4.69, 9.17) is 0 Å². The van der Waals surface area contributed by atoms with Gasteiger partial charge in [0, 0.05) is 24.0 Å². The van der Waals surface area contributed by atoms with Gasteiger partial charge in [0.2, 0.25) is 0 Å². The minimum Gasteiger partial charge on any atom is -0.333 e. The first-order chi connectivity index (χ1) is 10.3. The van der Waals surface area contributed by atoms with Crippen LogP contribution in [0.4, 0.5) is 0 Å². The van der Waals surface area contributed by atoms with Gasteiger partial charge in [-0.3, -0.25) is 9.89 Å². The summed E-state index contributed by atoms with van der Waals surface area (Å²) in [5.41, 5.74) is 1.49. The maximum atomic E-state index is 12.9. The second-order valence-corrected chi connectivity index (χ2v) is 6.03. The van der Waals surface area contributed by atoms with Crippen LogP contribution < -0.4 is 5.32 Å². The third-order valence-electron chi connectivity index (χ3n) is 4.80. The number of aromatic nitrogens is 2. The second kappa shape index (κ2) is 5.15. The van der Waals surface area contributed by atoms with Crippen molar-refractivity contribution in [3.05, 3.63) is 30.0 Å². The number of rotatable bonds is 2. The first-order valence-electron chi connectivity index (χ1n) is 7.82. The molecule has 2 saturated heterocycles. The lowest BCUT2D eigenvalue weighted by molar-refractivity contribution is 0.0707. The van der Waals surface area contributed by atoms with E-state index in [0.29, 0.717) is 17.8 Å². The number of H-pyrrole nitrogens is 1. The standard InChI is InChI=1S/C16H20N4O/c21-16(15-11-5-1-2-6-12(11)18-19-15)20-10-4-8-14(20)13-7-3-9-17-13/h1-2,5-6,13-14,17H,3-4,7-10H2,(H,18,19). The molecule has 1 aromatic heterocycles. The molecule has 0 radical (unpaired) electrons. The monoisotopic (exact) mass is 284 g/mol. The van der Waals surface area contributed by atoms with Crippen molar-refractivity contribution in [2.45, 2.75) is 37.8 Å². The van der Waals surface area contributed by atoms with Crippen molar-refractivity contribution in [2.24, 2.45) is 0 Å². The molecule has 21 heavy (non-hydrogen) atoms. The molecule has 3 heterocycles. The molecule has 110 valence electrons. The van der Waals surface area contributed by atoms with E-state index >= 15 is 0 Å². The van der Waals surface area contributed by atoms with Crippen molar-refractivity contribution >= 4 is 16.8 Å². The van der Waals surface area contributed by atoms with Gasteiger partial charge in [0.05, 0.1) is 5.52 Å². The predicted octanol–water partition coefficient (Wildman–Crippen LogP) is 1.92. The summed E-state index contributed by atoms with van der Waals surface area (Å²) in [7, 11) is 0. The molecule has 4 rings (SSSR count). The maximum absolute atomic E-state index is 12.9. The Bertz CT molecular complexity index is 659. The zero-order chi connectivity index (χ0) is 14.2. The molecule has 5 heteroatoms. The van der Waals surface area contributed by atoms with Gasteiger partial charge in [0.25, 0.3) is 5.91 Å². The molecule has 2 fully saturated rings. The number of carbonyl (C=O) groups excluding carboxylic acids is 1. The van der Waals surface area contributed by atoms with Gasteiger partial charge in [-0.25, -0.2) is 0 Å². The van der Waals surface area contributed by atoms with Gasteiger partial charge in [-0.15, -0.1) is 0 Å². The predicted molar refractivity (Wildman–Crippen MR) is 81.2 cm³/mol. The summed E-state index contributed by atoms with van der Waals surface area (Å²) in [6.07, 6.45) is 4.59. The van der Waals surface area contributed by atoms with Crippen LogP contribution >= 0.6 is 0 Å². The van der Waals surface area contributed by atoms with Crippen LogP contribution in [0, 0.1) is 0 Å². The summed E-state index contributed by atoms with van der Waals surface area (Å²) in [6, 6.07) is 8.62. The van der Waals surface area contributed by atoms with E-state index in [1.54, 1.807) is 0 Å². The largest absolute Gasteiger partial charge is 0.333 e. The molecule has 2 atom stereocenters. The highest BCUT2D eigenvalue weighted by Gasteiger charge is 2.37. The number of carbonyl (C=O) groups is 1. The quantitative estimate of drug-likeness (QED) is 0.885. The van der Waals surface area contributed by atoms with Gasteiger partial charge in [-0.1, -0.05) is 18.2 Å².